The fourth-order valence-corrected chi connectivity index (χ4v) is 11.1. The molecule has 0 unspecified atom stereocenters. The van der Waals surface area contributed by atoms with Gasteiger partial charge >= 0.3 is 8.56 Å². The highest BCUT2D eigenvalue weighted by Crippen LogP contribution is 2.57. The van der Waals surface area contributed by atoms with Crippen LogP contribution >= 0.6 is 11.8 Å². The smallest absolute Gasteiger partial charge is 0.349 e. The van der Waals surface area contributed by atoms with Crippen molar-refractivity contribution in [3.8, 4) is 0 Å². The van der Waals surface area contributed by atoms with Gasteiger partial charge in [0.05, 0.1) is 18.0 Å². The highest BCUT2D eigenvalue weighted by molar-refractivity contribution is 8.09. The first-order chi connectivity index (χ1) is 12.6. The van der Waals surface area contributed by atoms with Crippen molar-refractivity contribution in [2.45, 2.75) is 63.0 Å². The molecule has 144 valence electrons. The average molecular weight is 399 g/mol. The summed E-state index contributed by atoms with van der Waals surface area (Å²) in [6, 6.07) is 15.2. The first kappa shape index (κ1) is 19.3. The fourth-order valence-electron chi connectivity index (χ4n) is 4.69. The zero-order valence-corrected chi connectivity index (χ0v) is 19.0. The Balaban J connectivity index is 1.72. The van der Waals surface area contributed by atoms with Gasteiger partial charge in [-0.05, 0) is 22.4 Å². The van der Waals surface area contributed by atoms with Crippen LogP contribution in [0.25, 0.3) is 15.7 Å². The zero-order valence-electron chi connectivity index (χ0n) is 17.2. The van der Waals surface area contributed by atoms with E-state index in [-0.39, 0.29) is 16.2 Å². The van der Waals surface area contributed by atoms with Gasteiger partial charge in [0.15, 0.2) is 0 Å². The average Bonchev–Trinajstić information content (AvgIpc) is 3.02. The summed E-state index contributed by atoms with van der Waals surface area (Å²) in [5, 5.41) is 3.00. The Hall–Kier alpha value is -1.07. The molecule has 0 saturated carbocycles. The minimum Gasteiger partial charge on any atom is -0.392 e. The third kappa shape index (κ3) is 3.11. The lowest BCUT2D eigenvalue weighted by Crippen LogP contribution is -2.63. The summed E-state index contributed by atoms with van der Waals surface area (Å²) in [7, 11) is -2.41. The van der Waals surface area contributed by atoms with Crippen LogP contribution in [0.5, 0.6) is 0 Å². The lowest BCUT2D eigenvalue weighted by atomic mass is 10.0. The van der Waals surface area contributed by atoms with Crippen molar-refractivity contribution in [1.29, 1.82) is 0 Å². The lowest BCUT2D eigenvalue weighted by molar-refractivity contribution is 0.0491. The van der Waals surface area contributed by atoms with Gasteiger partial charge < -0.3 is 8.85 Å². The quantitative estimate of drug-likeness (QED) is 0.495. The van der Waals surface area contributed by atoms with Crippen molar-refractivity contribution in [2.24, 2.45) is 0 Å². The second-order valence-electron chi connectivity index (χ2n) is 9.72. The van der Waals surface area contributed by atoms with Crippen LogP contribution in [-0.4, -0.2) is 26.5 Å². The van der Waals surface area contributed by atoms with Crippen molar-refractivity contribution >= 4 is 36.0 Å². The van der Waals surface area contributed by atoms with Gasteiger partial charge in [0.2, 0.25) is 0 Å². The number of hydrogen-bond donors (Lipinski definition) is 0. The van der Waals surface area contributed by atoms with E-state index >= 15 is 0 Å². The van der Waals surface area contributed by atoms with Crippen LogP contribution in [0.1, 0.15) is 47.1 Å². The summed E-state index contributed by atoms with van der Waals surface area (Å²) in [6.07, 6.45) is 2.50. The molecule has 0 radical (unpaired) electrons. The van der Waals surface area contributed by atoms with E-state index in [9.17, 15) is 0 Å². The summed E-state index contributed by atoms with van der Waals surface area (Å²) in [4.78, 5) is 1.33. The Morgan fingerprint density at radius 1 is 0.926 bits per heavy atom. The van der Waals surface area contributed by atoms with Crippen molar-refractivity contribution < 1.29 is 8.85 Å². The van der Waals surface area contributed by atoms with E-state index < -0.39 is 8.56 Å². The zero-order chi connectivity index (χ0) is 19.4. The van der Waals surface area contributed by atoms with E-state index in [0.29, 0.717) is 5.25 Å². The van der Waals surface area contributed by atoms with Gasteiger partial charge in [0.25, 0.3) is 0 Å². The molecule has 0 bridgehead atoms. The molecule has 2 aromatic carbocycles. The Bertz CT molecular complexity index is 872. The summed E-state index contributed by atoms with van der Waals surface area (Å²) in [5.41, 5.74) is 1.31. The Kier molecular flexibility index (Phi) is 4.62. The highest BCUT2D eigenvalue weighted by Gasteiger charge is 2.62. The molecule has 0 amide bonds. The van der Waals surface area contributed by atoms with Crippen molar-refractivity contribution in [2.75, 3.05) is 6.61 Å². The Morgan fingerprint density at radius 2 is 1.59 bits per heavy atom. The van der Waals surface area contributed by atoms with Gasteiger partial charge in [-0.2, -0.15) is 0 Å². The molecule has 0 N–H and O–H groups in total. The first-order valence-corrected chi connectivity index (χ1v) is 12.5. The molecule has 1 fully saturated rings. The van der Waals surface area contributed by atoms with Crippen LogP contribution in [-0.2, 0) is 8.85 Å². The number of rotatable bonds is 1. The molecule has 0 aliphatic carbocycles. The molecule has 2 atom stereocenters. The minimum absolute atomic E-state index is 0.0247. The van der Waals surface area contributed by atoms with Crippen molar-refractivity contribution in [3.63, 3.8) is 0 Å². The number of thioether (sulfide) groups is 1. The number of hydrogen-bond acceptors (Lipinski definition) is 3. The van der Waals surface area contributed by atoms with Gasteiger partial charge in [0.1, 0.15) is 0 Å². The summed E-state index contributed by atoms with van der Waals surface area (Å²) in [5.74, 6) is 0. The standard InChI is InChI=1S/C23H30O2SSi/c1-22(2,3)27(23(4,5)6)24-15-21-19(25-27)14-20(26-21)18-13-9-11-16-10-7-8-12-17(16)18/h7-14,19,21H,15H2,1-6H3/t19-,21+/m0/s1. The van der Waals surface area contributed by atoms with Crippen LogP contribution in [0, 0.1) is 0 Å². The second kappa shape index (κ2) is 6.48. The molecule has 2 aliphatic heterocycles. The molecular weight excluding hydrogens is 368 g/mol. The molecule has 27 heavy (non-hydrogen) atoms. The summed E-state index contributed by atoms with van der Waals surface area (Å²) < 4.78 is 13.6. The lowest BCUT2D eigenvalue weighted by Gasteiger charge is -2.53. The predicted molar refractivity (Wildman–Crippen MR) is 119 cm³/mol. The van der Waals surface area contributed by atoms with E-state index in [1.165, 1.54) is 21.2 Å². The van der Waals surface area contributed by atoms with Gasteiger partial charge in [-0.15, -0.1) is 11.8 Å². The van der Waals surface area contributed by atoms with E-state index in [4.69, 9.17) is 8.85 Å². The molecule has 4 heteroatoms. The SMILES string of the molecule is CC(C)(C)[Si]1(C(C)(C)C)OC[C@H]2SC(c3cccc4ccccc34)=C[C@@H]2O1. The molecule has 2 nitrogen and oxygen atoms in total. The van der Waals surface area contributed by atoms with Crippen LogP contribution < -0.4 is 0 Å². The van der Waals surface area contributed by atoms with Crippen molar-refractivity contribution in [1.82, 2.24) is 0 Å². The molecule has 4 rings (SSSR count). The molecule has 2 aliphatic rings. The molecule has 0 spiro atoms. The maximum Gasteiger partial charge on any atom is 0.349 e. The third-order valence-electron chi connectivity index (χ3n) is 5.74. The van der Waals surface area contributed by atoms with E-state index in [1.807, 2.05) is 11.8 Å². The fraction of sp³-hybridized carbons (Fsp3) is 0.478. The largest absolute Gasteiger partial charge is 0.392 e. The van der Waals surface area contributed by atoms with Gasteiger partial charge in [-0.3, -0.25) is 0 Å². The minimum atomic E-state index is -2.41. The molecule has 2 heterocycles. The van der Waals surface area contributed by atoms with Crippen molar-refractivity contribution in [3.05, 3.63) is 54.1 Å². The first-order valence-electron chi connectivity index (χ1n) is 9.81. The maximum absolute atomic E-state index is 6.91. The molecule has 2 aromatic rings. The van der Waals surface area contributed by atoms with Crippen LogP contribution in [0.2, 0.25) is 10.1 Å². The normalized spacial score (nSPS) is 25.3. The molecular formula is C23H30O2SSi. The highest BCUT2D eigenvalue weighted by atomic mass is 32.2. The van der Waals surface area contributed by atoms with Crippen LogP contribution in [0.4, 0.5) is 0 Å². The Morgan fingerprint density at radius 3 is 2.30 bits per heavy atom. The van der Waals surface area contributed by atoms with E-state index in [2.05, 4.69) is 90.1 Å². The summed E-state index contributed by atoms with van der Waals surface area (Å²) in [6.45, 7) is 14.5. The topological polar surface area (TPSA) is 18.5 Å². The third-order valence-corrected chi connectivity index (χ3v) is 12.2. The molecule has 0 aromatic heterocycles. The number of fused-ring (bicyclic) bond motifs is 2. The number of benzene rings is 2. The maximum atomic E-state index is 6.91. The van der Waals surface area contributed by atoms with E-state index in [0.717, 1.165) is 6.61 Å². The summed E-state index contributed by atoms with van der Waals surface area (Å²) >= 11 is 1.92. The molecule has 1 saturated heterocycles. The van der Waals surface area contributed by atoms with Crippen LogP contribution in [0.3, 0.4) is 0 Å². The predicted octanol–water partition coefficient (Wildman–Crippen LogP) is 6.75. The van der Waals surface area contributed by atoms with Crippen LogP contribution in [0.15, 0.2) is 48.5 Å². The van der Waals surface area contributed by atoms with E-state index in [1.54, 1.807) is 0 Å². The van der Waals surface area contributed by atoms with Gasteiger partial charge in [0, 0.05) is 15.0 Å². The second-order valence-corrected chi connectivity index (χ2v) is 15.8. The van der Waals surface area contributed by atoms with Gasteiger partial charge in [-0.1, -0.05) is 84.0 Å². The van der Waals surface area contributed by atoms with Gasteiger partial charge in [-0.25, -0.2) is 0 Å². The monoisotopic (exact) mass is 398 g/mol. The Labute approximate surface area is 168 Å².